The number of hydrogen-bond acceptors (Lipinski definition) is 9. The van der Waals surface area contributed by atoms with Gasteiger partial charge in [0.25, 0.3) is 0 Å². The van der Waals surface area contributed by atoms with Crippen molar-refractivity contribution in [3.63, 3.8) is 0 Å². The van der Waals surface area contributed by atoms with Gasteiger partial charge in [0.05, 0.1) is 32.7 Å². The van der Waals surface area contributed by atoms with Gasteiger partial charge in [-0.1, -0.05) is 12.0 Å². The number of benzene rings is 2. The van der Waals surface area contributed by atoms with E-state index < -0.39 is 41.9 Å². The summed E-state index contributed by atoms with van der Waals surface area (Å²) in [6, 6.07) is 3.88. The number of rotatable bonds is 7. The van der Waals surface area contributed by atoms with E-state index >= 15 is 4.39 Å². The highest BCUT2D eigenvalue weighted by atomic mass is 19.1. The zero-order valence-electron chi connectivity index (χ0n) is 29.5. The highest BCUT2D eigenvalue weighted by Crippen LogP contribution is 2.42. The van der Waals surface area contributed by atoms with Crippen molar-refractivity contribution in [1.82, 2.24) is 25.2 Å². The van der Waals surface area contributed by atoms with Gasteiger partial charge in [-0.2, -0.15) is 9.97 Å². The first-order valence-corrected chi connectivity index (χ1v) is 15.7. The predicted octanol–water partition coefficient (Wildman–Crippen LogP) is 4.72. The molecule has 2 aromatic heterocycles. The lowest BCUT2D eigenvalue weighted by atomic mass is 9.95. The third-order valence-electron chi connectivity index (χ3n) is 10.2. The van der Waals surface area contributed by atoms with Crippen LogP contribution < -0.4 is 15.0 Å². The molecular weight excluding hydrogens is 609 g/mol. The van der Waals surface area contributed by atoms with E-state index in [4.69, 9.17) is 26.4 Å². The Balaban J connectivity index is 1.27. The summed E-state index contributed by atoms with van der Waals surface area (Å²) in [5.41, 5.74) is -1.99. The van der Waals surface area contributed by atoms with Gasteiger partial charge in [0.2, 0.25) is 0 Å². The highest BCUT2D eigenvalue weighted by molar-refractivity contribution is 6.03. The van der Waals surface area contributed by atoms with Crippen LogP contribution in [0.3, 0.4) is 0 Å². The van der Waals surface area contributed by atoms with Gasteiger partial charge in [-0.25, -0.2) is 13.2 Å². The van der Waals surface area contributed by atoms with E-state index in [9.17, 15) is 13.9 Å². The molecule has 0 spiro atoms. The first-order chi connectivity index (χ1) is 24.2. The van der Waals surface area contributed by atoms with Crippen LogP contribution in [0.4, 0.5) is 19.0 Å². The predicted molar refractivity (Wildman–Crippen MR) is 171 cm³/mol. The second-order valence-electron chi connectivity index (χ2n) is 13.2. The van der Waals surface area contributed by atoms with Gasteiger partial charge >= 0.3 is 6.01 Å². The second kappa shape index (κ2) is 11.2. The maximum Gasteiger partial charge on any atom is 0.319 e. The summed E-state index contributed by atoms with van der Waals surface area (Å²) in [7, 11) is -2.65. The number of ether oxygens (including phenoxy) is 2. The number of pyridine rings is 1. The largest absolute Gasteiger partial charge is 0.508 e. The molecule has 8 rings (SSSR count). The van der Waals surface area contributed by atoms with Crippen molar-refractivity contribution in [1.29, 1.82) is 0 Å². The fourth-order valence-corrected chi connectivity index (χ4v) is 8.14. The third kappa shape index (κ3) is 4.94. The zero-order chi connectivity index (χ0) is 35.9. The molecule has 0 saturated carbocycles. The minimum Gasteiger partial charge on any atom is -0.508 e. The average Bonchev–Trinajstić information content (AvgIpc) is 3.68. The number of nitrogens with one attached hydrogen (secondary N) is 1. The van der Waals surface area contributed by atoms with Gasteiger partial charge in [0, 0.05) is 57.6 Å². The van der Waals surface area contributed by atoms with E-state index in [2.05, 4.69) is 26.1 Å². The number of terminal acetylenes is 1. The zero-order valence-corrected chi connectivity index (χ0v) is 25.5. The minimum absolute atomic E-state index is 0.0472. The molecule has 0 unspecified atom stereocenters. The Kier molecular flexibility index (Phi) is 6.17. The molecule has 2 N–H and O–H groups in total. The molecule has 9 nitrogen and oxygen atoms in total. The molecule has 244 valence electrons. The Morgan fingerprint density at radius 1 is 1.23 bits per heavy atom. The van der Waals surface area contributed by atoms with Gasteiger partial charge in [-0.15, -0.1) is 6.42 Å². The lowest BCUT2D eigenvalue weighted by Gasteiger charge is -2.41. The van der Waals surface area contributed by atoms with Gasteiger partial charge < -0.3 is 24.8 Å². The number of methoxy groups -OCH3 is 1. The van der Waals surface area contributed by atoms with Crippen molar-refractivity contribution in [2.75, 3.05) is 51.3 Å². The fraction of sp³-hybridized carbons (Fsp3) is 0.457. The van der Waals surface area contributed by atoms with Crippen molar-refractivity contribution in [2.45, 2.75) is 55.4 Å². The summed E-state index contributed by atoms with van der Waals surface area (Å²) in [4.78, 5) is 17.5. The topological polar surface area (TPSA) is 95.9 Å². The summed E-state index contributed by atoms with van der Waals surface area (Å²) in [6.45, 7) is 1.19. The van der Waals surface area contributed by atoms with E-state index in [-0.39, 0.29) is 77.0 Å². The van der Waals surface area contributed by atoms with Crippen molar-refractivity contribution in [3.8, 4) is 35.4 Å². The van der Waals surface area contributed by atoms with E-state index in [0.29, 0.717) is 31.2 Å². The molecule has 2 aromatic carbocycles. The Bertz CT molecular complexity index is 2120. The summed E-state index contributed by atoms with van der Waals surface area (Å²) < 4.78 is 89.8. The molecule has 4 aliphatic rings. The summed E-state index contributed by atoms with van der Waals surface area (Å²) in [5.74, 6) is 0.710. The Morgan fingerprint density at radius 3 is 2.98 bits per heavy atom. The van der Waals surface area contributed by atoms with Crippen molar-refractivity contribution in [2.24, 2.45) is 0 Å². The number of phenolic OH excluding ortho intramolecular Hbond substituents is 1. The standard InChI is InChI=1S/C35H35F3N6O3/c1-3-24-27(37)6-5-20-11-23(45)12-25(28(20)24)30-29(38)31-26(14-39-30)32(43-16-22-7-9-34(17-43,42-22)18-46-2)41-33(40-31)47-19-35-8-4-10-44(35)15-21(36)13-35/h1,5-6,11-12,14,21-22,42,45H,4,7-10,13,15-19H2,2H3/t21-,22-,34+,35+/m1/s1/i2D3,22D. The van der Waals surface area contributed by atoms with Crippen LogP contribution in [0.2, 0.25) is 0 Å². The van der Waals surface area contributed by atoms with Crippen molar-refractivity contribution >= 4 is 27.5 Å². The maximum atomic E-state index is 17.0. The Hall–Kier alpha value is -4.18. The Morgan fingerprint density at radius 2 is 2.13 bits per heavy atom. The van der Waals surface area contributed by atoms with E-state index in [1.54, 1.807) is 4.90 Å². The van der Waals surface area contributed by atoms with Crippen LogP contribution in [0, 0.1) is 24.0 Å². The molecule has 0 radical (unpaired) electrons. The molecule has 12 heteroatoms. The van der Waals surface area contributed by atoms with Crippen LogP contribution in [-0.4, -0.2) is 94.7 Å². The number of aromatic hydroxyl groups is 1. The fourth-order valence-electron chi connectivity index (χ4n) is 8.14. The van der Waals surface area contributed by atoms with E-state index in [1.165, 1.54) is 30.5 Å². The molecule has 4 aromatic rings. The number of halogens is 3. The average molecular weight is 649 g/mol. The molecule has 4 saturated heterocycles. The van der Waals surface area contributed by atoms with Crippen LogP contribution in [0.15, 0.2) is 30.5 Å². The first-order valence-electron chi connectivity index (χ1n) is 17.7. The lowest BCUT2D eigenvalue weighted by Crippen LogP contribution is -2.61. The minimum atomic E-state index is -2.65. The first kappa shape index (κ1) is 25.9. The van der Waals surface area contributed by atoms with Crippen LogP contribution >= 0.6 is 0 Å². The van der Waals surface area contributed by atoms with Crippen LogP contribution in [0.5, 0.6) is 11.8 Å². The van der Waals surface area contributed by atoms with Gasteiger partial charge in [-0.3, -0.25) is 9.88 Å². The highest BCUT2D eigenvalue weighted by Gasteiger charge is 2.50. The number of piperazine rings is 1. The number of alkyl halides is 1. The monoisotopic (exact) mass is 648 g/mol. The summed E-state index contributed by atoms with van der Waals surface area (Å²) >= 11 is 0. The molecule has 6 heterocycles. The van der Waals surface area contributed by atoms with Gasteiger partial charge in [0.1, 0.15) is 41.4 Å². The van der Waals surface area contributed by atoms with Crippen LogP contribution in [0.25, 0.3) is 32.9 Å². The van der Waals surface area contributed by atoms with Gasteiger partial charge in [0.15, 0.2) is 5.82 Å². The number of anilines is 1. The van der Waals surface area contributed by atoms with E-state index in [1.807, 2.05) is 0 Å². The van der Waals surface area contributed by atoms with E-state index in [0.717, 1.165) is 19.4 Å². The smallest absolute Gasteiger partial charge is 0.319 e. The molecule has 47 heavy (non-hydrogen) atoms. The maximum absolute atomic E-state index is 17.0. The normalized spacial score (nSPS) is 30.2. The SMILES string of the molecule is [2H]C([2H])([2H])OC[C@]12CC[C@]([2H])(CN(c3nc(OC[C@@]45CCCN4C[C@H](F)C5)nc4c(F)c(-c5cc(O)cc6ccc(F)c(C#C)c56)ncc34)C1)N2. The molecule has 4 atom stereocenters. The van der Waals surface area contributed by atoms with Crippen molar-refractivity contribution in [3.05, 3.63) is 47.7 Å². The number of aromatic nitrogens is 3. The Labute approximate surface area is 275 Å². The molecule has 0 amide bonds. The molecule has 2 bridgehead atoms. The van der Waals surface area contributed by atoms with Gasteiger partial charge in [-0.05, 0) is 55.8 Å². The van der Waals surface area contributed by atoms with Crippen LogP contribution in [-0.2, 0) is 4.74 Å². The summed E-state index contributed by atoms with van der Waals surface area (Å²) in [6.07, 6.45) is 8.80. The summed E-state index contributed by atoms with van der Waals surface area (Å²) in [5, 5.41) is 14.6. The van der Waals surface area contributed by atoms with Crippen LogP contribution in [0.1, 0.15) is 43.2 Å². The quantitative estimate of drug-likeness (QED) is 0.276. The third-order valence-corrected chi connectivity index (χ3v) is 10.2. The van der Waals surface area contributed by atoms with Crippen molar-refractivity contribution < 1.29 is 33.2 Å². The second-order valence-corrected chi connectivity index (χ2v) is 13.2. The lowest BCUT2D eigenvalue weighted by molar-refractivity contribution is 0.107. The molecular formula is C35H35F3N6O3. The number of fused-ring (bicyclic) bond motifs is 5. The number of nitrogens with zero attached hydrogens (tertiary/aromatic N) is 5. The molecule has 4 fully saturated rings. The number of hydrogen-bond donors (Lipinski definition) is 2. The molecule has 4 aliphatic heterocycles. The molecule has 0 aliphatic carbocycles. The number of phenols is 1.